The fraction of sp³-hybridized carbons (Fsp3) is 1.00. The topological polar surface area (TPSA) is 3.24 Å². The van der Waals surface area contributed by atoms with E-state index >= 15 is 0 Å². The first-order chi connectivity index (χ1) is 4.34. The fourth-order valence-electron chi connectivity index (χ4n) is 1.66. The van der Waals surface area contributed by atoms with Gasteiger partial charge in [0, 0.05) is 6.04 Å². The maximum atomic E-state index is 2.49. The largest absolute Gasteiger partial charge is 0.303 e. The van der Waals surface area contributed by atoms with Crippen LogP contribution in [0.4, 0.5) is 0 Å². The molecule has 9 heavy (non-hydrogen) atoms. The summed E-state index contributed by atoms with van der Waals surface area (Å²) in [5, 5.41) is 0. The van der Waals surface area contributed by atoms with Gasteiger partial charge in [0.05, 0.1) is 0 Å². The normalized spacial score (nSPS) is 30.7. The molecule has 0 aromatic rings. The summed E-state index contributed by atoms with van der Waals surface area (Å²) in [7, 11) is 2.24. The summed E-state index contributed by atoms with van der Waals surface area (Å²) in [6.07, 6.45) is 5.61. The van der Waals surface area contributed by atoms with E-state index in [1.807, 2.05) is 0 Å². The van der Waals surface area contributed by atoms with Crippen LogP contribution in [0, 0.1) is 0 Å². The predicted octanol–water partition coefficient (Wildman–Crippen LogP) is 1.88. The summed E-state index contributed by atoms with van der Waals surface area (Å²) in [6.45, 7) is 3.60. The van der Waals surface area contributed by atoms with Crippen LogP contribution in [0.2, 0.25) is 0 Å². The molecule has 1 aliphatic rings. The van der Waals surface area contributed by atoms with Crippen molar-refractivity contribution in [3.63, 3.8) is 0 Å². The zero-order valence-electron chi connectivity index (χ0n) is 6.56. The molecular weight excluding hydrogens is 110 g/mol. The Hall–Kier alpha value is -0.0400. The Balaban J connectivity index is 2.30. The first kappa shape index (κ1) is 7.07. The van der Waals surface area contributed by atoms with E-state index in [1.165, 1.54) is 32.2 Å². The Labute approximate surface area is 58.0 Å². The molecule has 0 N–H and O–H groups in total. The number of hydrogen-bond acceptors (Lipinski definition) is 1. The number of rotatable bonds is 1. The molecule has 1 atom stereocenters. The lowest BCUT2D eigenvalue weighted by Crippen LogP contribution is -2.35. The zero-order chi connectivity index (χ0) is 6.69. The third-order valence-electron chi connectivity index (χ3n) is 2.39. The van der Waals surface area contributed by atoms with Crippen LogP contribution in [0.15, 0.2) is 0 Å². The van der Waals surface area contributed by atoms with Crippen LogP contribution in [0.25, 0.3) is 0 Å². The van der Waals surface area contributed by atoms with Crippen LogP contribution < -0.4 is 0 Å². The zero-order valence-corrected chi connectivity index (χ0v) is 6.56. The highest BCUT2D eigenvalue weighted by Gasteiger charge is 2.15. The Bertz CT molecular complexity index is 80.6. The standard InChI is InChI=1S/C8H17N/c1-3-8-6-4-5-7-9(8)2/h8H,3-7H2,1-2H3. The maximum Gasteiger partial charge on any atom is 0.00895 e. The van der Waals surface area contributed by atoms with Gasteiger partial charge in [-0.2, -0.15) is 0 Å². The van der Waals surface area contributed by atoms with Crippen LogP contribution in [0.3, 0.4) is 0 Å². The number of likely N-dealkylation sites (tertiary alicyclic amines) is 1. The van der Waals surface area contributed by atoms with Crippen molar-refractivity contribution in [2.75, 3.05) is 13.6 Å². The predicted molar refractivity (Wildman–Crippen MR) is 40.6 cm³/mol. The summed E-state index contributed by atoms with van der Waals surface area (Å²) in [6, 6.07) is 0.888. The monoisotopic (exact) mass is 127 g/mol. The van der Waals surface area contributed by atoms with Crippen LogP contribution in [0.5, 0.6) is 0 Å². The summed E-state index contributed by atoms with van der Waals surface area (Å²) < 4.78 is 0. The third-order valence-corrected chi connectivity index (χ3v) is 2.39. The first-order valence-electron chi connectivity index (χ1n) is 4.05. The molecule has 54 valence electrons. The number of hydrogen-bond donors (Lipinski definition) is 0. The van der Waals surface area contributed by atoms with Crippen molar-refractivity contribution in [3.8, 4) is 0 Å². The minimum absolute atomic E-state index is 0.888. The minimum Gasteiger partial charge on any atom is -0.303 e. The molecule has 1 rings (SSSR count). The molecule has 0 amide bonds. The van der Waals surface area contributed by atoms with Crippen molar-refractivity contribution >= 4 is 0 Å². The van der Waals surface area contributed by atoms with Crippen molar-refractivity contribution in [1.82, 2.24) is 4.90 Å². The Morgan fingerprint density at radius 1 is 1.44 bits per heavy atom. The van der Waals surface area contributed by atoms with Crippen molar-refractivity contribution in [2.45, 2.75) is 38.6 Å². The van der Waals surface area contributed by atoms with Gasteiger partial charge in [-0.15, -0.1) is 0 Å². The van der Waals surface area contributed by atoms with E-state index in [0.717, 1.165) is 6.04 Å². The lowest BCUT2D eigenvalue weighted by Gasteiger charge is -2.31. The Morgan fingerprint density at radius 3 is 2.67 bits per heavy atom. The van der Waals surface area contributed by atoms with Gasteiger partial charge in [-0.25, -0.2) is 0 Å². The van der Waals surface area contributed by atoms with E-state index < -0.39 is 0 Å². The van der Waals surface area contributed by atoms with Crippen LogP contribution >= 0.6 is 0 Å². The van der Waals surface area contributed by atoms with Gasteiger partial charge in [-0.1, -0.05) is 13.3 Å². The lowest BCUT2D eigenvalue weighted by atomic mass is 10.0. The summed E-state index contributed by atoms with van der Waals surface area (Å²) >= 11 is 0. The van der Waals surface area contributed by atoms with Gasteiger partial charge in [0.1, 0.15) is 0 Å². The molecule has 1 unspecified atom stereocenters. The highest BCUT2D eigenvalue weighted by atomic mass is 15.1. The molecule has 0 aromatic heterocycles. The molecule has 0 bridgehead atoms. The van der Waals surface area contributed by atoms with Gasteiger partial charge in [0.15, 0.2) is 0 Å². The number of piperidine rings is 1. The average Bonchev–Trinajstić information content (AvgIpc) is 1.89. The Morgan fingerprint density at radius 2 is 2.22 bits per heavy atom. The second-order valence-electron chi connectivity index (χ2n) is 3.04. The highest BCUT2D eigenvalue weighted by molar-refractivity contribution is 4.71. The second-order valence-corrected chi connectivity index (χ2v) is 3.04. The molecule has 1 saturated heterocycles. The quantitative estimate of drug-likeness (QED) is 0.520. The minimum atomic E-state index is 0.888. The van der Waals surface area contributed by atoms with Gasteiger partial charge in [-0.3, -0.25) is 0 Å². The SMILES string of the molecule is CCC1CCCCN1C. The molecule has 0 aromatic carbocycles. The van der Waals surface area contributed by atoms with Gasteiger partial charge in [-0.05, 0) is 32.9 Å². The molecule has 1 aliphatic heterocycles. The first-order valence-corrected chi connectivity index (χ1v) is 4.05. The van der Waals surface area contributed by atoms with Gasteiger partial charge in [0.2, 0.25) is 0 Å². The molecule has 1 heteroatoms. The summed E-state index contributed by atoms with van der Waals surface area (Å²) in [5.74, 6) is 0. The van der Waals surface area contributed by atoms with Crippen molar-refractivity contribution in [1.29, 1.82) is 0 Å². The summed E-state index contributed by atoms with van der Waals surface area (Å²) in [4.78, 5) is 2.49. The van der Waals surface area contributed by atoms with E-state index in [4.69, 9.17) is 0 Å². The van der Waals surface area contributed by atoms with Crippen molar-refractivity contribution < 1.29 is 0 Å². The summed E-state index contributed by atoms with van der Waals surface area (Å²) in [5.41, 5.74) is 0. The van der Waals surface area contributed by atoms with Crippen LogP contribution in [0.1, 0.15) is 32.6 Å². The average molecular weight is 127 g/mol. The Kier molecular flexibility index (Phi) is 2.52. The third kappa shape index (κ3) is 1.68. The molecule has 1 heterocycles. The van der Waals surface area contributed by atoms with Crippen molar-refractivity contribution in [2.24, 2.45) is 0 Å². The molecule has 1 nitrogen and oxygen atoms in total. The lowest BCUT2D eigenvalue weighted by molar-refractivity contribution is 0.181. The van der Waals surface area contributed by atoms with E-state index in [9.17, 15) is 0 Å². The molecular formula is C8H17N. The van der Waals surface area contributed by atoms with E-state index in [2.05, 4.69) is 18.9 Å². The highest BCUT2D eigenvalue weighted by Crippen LogP contribution is 2.16. The van der Waals surface area contributed by atoms with Gasteiger partial charge in [0.25, 0.3) is 0 Å². The molecule has 0 spiro atoms. The van der Waals surface area contributed by atoms with Crippen molar-refractivity contribution in [3.05, 3.63) is 0 Å². The van der Waals surface area contributed by atoms with Crippen LogP contribution in [-0.2, 0) is 0 Å². The van der Waals surface area contributed by atoms with Gasteiger partial charge < -0.3 is 4.90 Å². The van der Waals surface area contributed by atoms with E-state index in [0.29, 0.717) is 0 Å². The maximum absolute atomic E-state index is 2.49. The molecule has 1 fully saturated rings. The molecule has 0 radical (unpaired) electrons. The smallest absolute Gasteiger partial charge is 0.00895 e. The fourth-order valence-corrected chi connectivity index (χ4v) is 1.66. The molecule has 0 saturated carbocycles. The van der Waals surface area contributed by atoms with Crippen LogP contribution in [-0.4, -0.2) is 24.5 Å². The van der Waals surface area contributed by atoms with E-state index in [-0.39, 0.29) is 0 Å². The van der Waals surface area contributed by atoms with Gasteiger partial charge >= 0.3 is 0 Å². The molecule has 0 aliphatic carbocycles. The van der Waals surface area contributed by atoms with E-state index in [1.54, 1.807) is 0 Å². The second kappa shape index (κ2) is 3.21. The number of nitrogens with zero attached hydrogens (tertiary/aromatic N) is 1.